The van der Waals surface area contributed by atoms with E-state index in [-0.39, 0.29) is 36.6 Å². The lowest BCUT2D eigenvalue weighted by molar-refractivity contribution is -0.118. The van der Waals surface area contributed by atoms with Gasteiger partial charge in [0.25, 0.3) is 0 Å². The fourth-order valence-corrected chi connectivity index (χ4v) is 1.66. The summed E-state index contributed by atoms with van der Waals surface area (Å²) in [6.07, 6.45) is 3.47. The molecule has 1 amide bonds. The minimum absolute atomic E-state index is 0. The molecule has 0 saturated heterocycles. The zero-order valence-corrected chi connectivity index (χ0v) is 13.5. The Morgan fingerprint density at radius 1 is 1.24 bits per heavy atom. The van der Waals surface area contributed by atoms with Gasteiger partial charge in [0.05, 0.1) is 6.04 Å². The molecule has 0 saturated carbocycles. The van der Waals surface area contributed by atoms with Gasteiger partial charge in [-0.2, -0.15) is 0 Å². The molecule has 0 fully saturated rings. The Morgan fingerprint density at radius 2 is 1.86 bits per heavy atom. The van der Waals surface area contributed by atoms with E-state index >= 15 is 0 Å². The Kier molecular flexibility index (Phi) is 8.02. The second-order valence-electron chi connectivity index (χ2n) is 4.77. The first-order valence-electron chi connectivity index (χ1n) is 6.24. The molecule has 21 heavy (non-hydrogen) atoms. The molecule has 7 heteroatoms. The number of hydrogen-bond acceptors (Lipinski definition) is 3. The largest absolute Gasteiger partial charge is 0.345 e. The third kappa shape index (κ3) is 5.04. The predicted octanol–water partition coefficient (Wildman–Crippen LogP) is 2.84. The van der Waals surface area contributed by atoms with Gasteiger partial charge in [0.2, 0.25) is 5.91 Å². The highest BCUT2D eigenvalue weighted by atomic mass is 35.5. The summed E-state index contributed by atoms with van der Waals surface area (Å²) in [7, 11) is 0. The summed E-state index contributed by atoms with van der Waals surface area (Å²) in [5.41, 5.74) is 7.49. The van der Waals surface area contributed by atoms with Crippen molar-refractivity contribution >= 4 is 36.4 Å². The molecule has 0 spiro atoms. The van der Waals surface area contributed by atoms with Crippen LogP contribution in [0.2, 0.25) is 0 Å². The van der Waals surface area contributed by atoms with E-state index in [9.17, 15) is 4.79 Å². The van der Waals surface area contributed by atoms with Crippen LogP contribution < -0.4 is 11.1 Å². The Morgan fingerprint density at radius 3 is 2.33 bits per heavy atom. The van der Waals surface area contributed by atoms with Gasteiger partial charge in [-0.1, -0.05) is 13.8 Å². The number of carbonyl (C=O) groups is 1. The molecule has 1 atom stereocenters. The van der Waals surface area contributed by atoms with Crippen LogP contribution in [0.5, 0.6) is 0 Å². The van der Waals surface area contributed by atoms with Crippen molar-refractivity contribution in [1.82, 2.24) is 9.97 Å². The van der Waals surface area contributed by atoms with E-state index in [0.29, 0.717) is 0 Å². The maximum atomic E-state index is 11.8. The van der Waals surface area contributed by atoms with Gasteiger partial charge in [-0.25, -0.2) is 4.98 Å². The van der Waals surface area contributed by atoms with E-state index in [2.05, 4.69) is 15.3 Å². The summed E-state index contributed by atoms with van der Waals surface area (Å²) >= 11 is 0. The fraction of sp³-hybridized carbons (Fsp3) is 0.286. The van der Waals surface area contributed by atoms with E-state index in [4.69, 9.17) is 5.73 Å². The highest BCUT2D eigenvalue weighted by molar-refractivity contribution is 5.95. The first-order valence-corrected chi connectivity index (χ1v) is 6.24. The number of nitrogens with zero attached hydrogens (tertiary/aromatic N) is 1. The molecule has 2 rings (SSSR count). The predicted molar refractivity (Wildman–Crippen MR) is 90.0 cm³/mol. The quantitative estimate of drug-likeness (QED) is 0.805. The van der Waals surface area contributed by atoms with Crippen molar-refractivity contribution < 1.29 is 4.79 Å². The average Bonchev–Trinajstić information content (AvgIpc) is 2.92. The Labute approximate surface area is 136 Å². The number of amides is 1. The topological polar surface area (TPSA) is 83.8 Å². The van der Waals surface area contributed by atoms with Gasteiger partial charge in [-0.15, -0.1) is 24.8 Å². The van der Waals surface area contributed by atoms with Crippen LogP contribution in [0.3, 0.4) is 0 Å². The number of carbonyl (C=O) groups excluding carboxylic acids is 1. The van der Waals surface area contributed by atoms with Gasteiger partial charge in [-0.3, -0.25) is 4.79 Å². The second-order valence-corrected chi connectivity index (χ2v) is 4.77. The van der Waals surface area contributed by atoms with Crippen LogP contribution in [0.1, 0.15) is 13.8 Å². The number of H-pyrrole nitrogens is 1. The Hall–Kier alpha value is -1.56. The molecule has 5 nitrogen and oxygen atoms in total. The molecule has 0 unspecified atom stereocenters. The monoisotopic (exact) mass is 330 g/mol. The highest BCUT2D eigenvalue weighted by Crippen LogP contribution is 2.17. The van der Waals surface area contributed by atoms with Crippen LogP contribution in [0, 0.1) is 5.92 Å². The minimum Gasteiger partial charge on any atom is -0.345 e. The summed E-state index contributed by atoms with van der Waals surface area (Å²) in [6.45, 7) is 3.84. The second kappa shape index (κ2) is 8.67. The molecule has 1 aromatic carbocycles. The van der Waals surface area contributed by atoms with E-state index in [0.717, 1.165) is 17.1 Å². The number of rotatable bonds is 4. The van der Waals surface area contributed by atoms with E-state index in [1.165, 1.54) is 0 Å². The molecular formula is C14H20Cl2N4O. The van der Waals surface area contributed by atoms with Gasteiger partial charge >= 0.3 is 0 Å². The summed E-state index contributed by atoms with van der Waals surface area (Å²) in [5, 5.41) is 2.80. The standard InChI is InChI=1S/C14H18N4O.2ClH/c1-9(2)12(15)14(19)18-11-5-3-10(4-6-11)13-16-7-8-17-13;;/h3-9,12H,15H2,1-2H3,(H,16,17)(H,18,19);2*1H/t12-;;/m0../s1. The first kappa shape index (κ1) is 19.4. The molecule has 4 N–H and O–H groups in total. The smallest absolute Gasteiger partial charge is 0.241 e. The van der Waals surface area contributed by atoms with Crippen molar-refractivity contribution in [2.45, 2.75) is 19.9 Å². The van der Waals surface area contributed by atoms with Crippen molar-refractivity contribution in [3.05, 3.63) is 36.7 Å². The van der Waals surface area contributed by atoms with Gasteiger partial charge in [0.15, 0.2) is 0 Å². The van der Waals surface area contributed by atoms with E-state index in [1.807, 2.05) is 38.1 Å². The lowest BCUT2D eigenvalue weighted by atomic mass is 10.0. The van der Waals surface area contributed by atoms with E-state index < -0.39 is 6.04 Å². The number of aromatic nitrogens is 2. The summed E-state index contributed by atoms with van der Waals surface area (Å²) in [6, 6.07) is 6.97. The number of hydrogen-bond donors (Lipinski definition) is 3. The summed E-state index contributed by atoms with van der Waals surface area (Å²) < 4.78 is 0. The van der Waals surface area contributed by atoms with Crippen LogP contribution in [-0.2, 0) is 4.79 Å². The number of nitrogens with two attached hydrogens (primary N) is 1. The number of aromatic amines is 1. The van der Waals surface area contributed by atoms with Crippen molar-refractivity contribution in [3.8, 4) is 11.4 Å². The summed E-state index contributed by atoms with van der Waals surface area (Å²) in [5.74, 6) is 0.750. The number of imidazole rings is 1. The van der Waals surface area contributed by atoms with Gasteiger partial charge < -0.3 is 16.0 Å². The first-order chi connectivity index (χ1) is 9.08. The normalized spacial score (nSPS) is 11.2. The molecular weight excluding hydrogens is 311 g/mol. The number of nitrogens with one attached hydrogen (secondary N) is 2. The SMILES string of the molecule is CC(C)[C@H](N)C(=O)Nc1ccc(-c2ncc[nH]2)cc1.Cl.Cl. The molecule has 1 heterocycles. The number of benzene rings is 1. The van der Waals surface area contributed by atoms with Crippen LogP contribution in [0.25, 0.3) is 11.4 Å². The van der Waals surface area contributed by atoms with Crippen LogP contribution in [0.15, 0.2) is 36.7 Å². The van der Waals surface area contributed by atoms with Crippen molar-refractivity contribution in [2.75, 3.05) is 5.32 Å². The lowest BCUT2D eigenvalue weighted by Gasteiger charge is -2.15. The molecule has 0 bridgehead atoms. The zero-order chi connectivity index (χ0) is 13.8. The average molecular weight is 331 g/mol. The molecule has 0 radical (unpaired) electrons. The number of halogens is 2. The maximum absolute atomic E-state index is 11.8. The number of anilines is 1. The molecule has 2 aromatic rings. The Balaban J connectivity index is 0.00000200. The molecule has 0 aliphatic carbocycles. The van der Waals surface area contributed by atoms with Gasteiger partial charge in [-0.05, 0) is 30.2 Å². The van der Waals surface area contributed by atoms with Crippen molar-refractivity contribution in [1.29, 1.82) is 0 Å². The van der Waals surface area contributed by atoms with Crippen molar-refractivity contribution in [2.24, 2.45) is 11.7 Å². The lowest BCUT2D eigenvalue weighted by Crippen LogP contribution is -2.39. The van der Waals surface area contributed by atoms with Gasteiger partial charge in [0, 0.05) is 23.6 Å². The summed E-state index contributed by atoms with van der Waals surface area (Å²) in [4.78, 5) is 19.0. The van der Waals surface area contributed by atoms with E-state index in [1.54, 1.807) is 12.4 Å². The van der Waals surface area contributed by atoms with Crippen LogP contribution in [-0.4, -0.2) is 21.9 Å². The minimum atomic E-state index is -0.496. The van der Waals surface area contributed by atoms with Gasteiger partial charge in [0.1, 0.15) is 5.82 Å². The van der Waals surface area contributed by atoms with Crippen molar-refractivity contribution in [3.63, 3.8) is 0 Å². The Bertz CT molecular complexity index is 541. The third-order valence-electron chi connectivity index (χ3n) is 2.95. The molecule has 0 aliphatic heterocycles. The highest BCUT2D eigenvalue weighted by Gasteiger charge is 2.17. The molecule has 0 aliphatic rings. The molecule has 1 aromatic heterocycles. The van der Waals surface area contributed by atoms with Crippen LogP contribution in [0.4, 0.5) is 5.69 Å². The molecule has 116 valence electrons. The maximum Gasteiger partial charge on any atom is 0.241 e. The zero-order valence-electron chi connectivity index (χ0n) is 11.9. The third-order valence-corrected chi connectivity index (χ3v) is 2.95. The van der Waals surface area contributed by atoms with Crippen LogP contribution >= 0.6 is 24.8 Å². The fourth-order valence-electron chi connectivity index (χ4n) is 1.66.